The van der Waals surface area contributed by atoms with Crippen LogP contribution in [0.15, 0.2) is 30.3 Å². The Morgan fingerprint density at radius 3 is 2.67 bits per heavy atom. The Kier molecular flexibility index (Phi) is 4.69. The first-order valence-corrected chi connectivity index (χ1v) is 5.35. The molecule has 12 heavy (non-hydrogen) atoms. The van der Waals surface area contributed by atoms with Gasteiger partial charge >= 0.3 is 0 Å². The van der Waals surface area contributed by atoms with Crippen LogP contribution < -0.4 is 4.72 Å². The molecule has 1 aromatic rings. The van der Waals surface area contributed by atoms with Crippen LogP contribution in [-0.4, -0.2) is 5.75 Å². The van der Waals surface area contributed by atoms with E-state index in [0.29, 0.717) is 0 Å². The van der Waals surface area contributed by atoms with Crippen LogP contribution in [0.3, 0.4) is 0 Å². The van der Waals surface area contributed by atoms with Gasteiger partial charge in [0.1, 0.15) is 0 Å². The molecular weight excluding hydrogens is 166 g/mol. The number of rotatable bonds is 5. The van der Waals surface area contributed by atoms with E-state index < -0.39 is 0 Å². The fraction of sp³-hybridized carbons (Fsp3) is 0.400. The van der Waals surface area contributed by atoms with Crippen LogP contribution in [0.1, 0.15) is 19.8 Å². The second kappa shape index (κ2) is 5.95. The smallest absolute Gasteiger partial charge is 0.0440 e. The van der Waals surface area contributed by atoms with E-state index in [1.807, 2.05) is 18.2 Å². The zero-order chi connectivity index (χ0) is 8.65. The molecule has 0 bridgehead atoms. The minimum Gasteiger partial charge on any atom is -0.330 e. The number of anilines is 1. The van der Waals surface area contributed by atoms with Crippen molar-refractivity contribution in [1.82, 2.24) is 0 Å². The molecule has 0 saturated carbocycles. The second-order valence-electron chi connectivity index (χ2n) is 2.67. The molecule has 0 saturated heterocycles. The molecule has 0 aliphatic carbocycles. The first-order chi connectivity index (χ1) is 5.93. The van der Waals surface area contributed by atoms with Gasteiger partial charge in [-0.05, 0) is 18.6 Å². The Balaban J connectivity index is 2.16. The molecule has 2 heteroatoms. The fourth-order valence-electron chi connectivity index (χ4n) is 0.857. The summed E-state index contributed by atoms with van der Waals surface area (Å²) in [6.07, 6.45) is 2.55. The highest BCUT2D eigenvalue weighted by molar-refractivity contribution is 8.00. The standard InChI is InChI=1S/C10H15NS/c1-2-3-9-12-11-10-7-5-4-6-8-10/h4-8,11H,2-3,9H2,1H3. The van der Waals surface area contributed by atoms with Gasteiger partial charge in [-0.2, -0.15) is 0 Å². The number of hydrogen-bond acceptors (Lipinski definition) is 2. The van der Waals surface area contributed by atoms with E-state index in [1.54, 1.807) is 11.9 Å². The second-order valence-corrected chi connectivity index (χ2v) is 3.57. The van der Waals surface area contributed by atoms with E-state index >= 15 is 0 Å². The normalized spacial score (nSPS) is 9.75. The molecule has 0 aliphatic heterocycles. The van der Waals surface area contributed by atoms with Gasteiger partial charge in [0.25, 0.3) is 0 Å². The van der Waals surface area contributed by atoms with Crippen molar-refractivity contribution in [2.75, 3.05) is 10.5 Å². The number of hydrogen-bond donors (Lipinski definition) is 1. The van der Waals surface area contributed by atoms with Crippen LogP contribution in [0.5, 0.6) is 0 Å². The zero-order valence-corrected chi connectivity index (χ0v) is 8.23. The molecule has 0 aliphatic rings. The third-order valence-electron chi connectivity index (χ3n) is 1.56. The van der Waals surface area contributed by atoms with Gasteiger partial charge in [-0.15, -0.1) is 0 Å². The lowest BCUT2D eigenvalue weighted by molar-refractivity contribution is 0.897. The SMILES string of the molecule is CCCCSNc1ccccc1. The van der Waals surface area contributed by atoms with Gasteiger partial charge in [-0.3, -0.25) is 0 Å². The molecule has 0 heterocycles. The summed E-state index contributed by atoms with van der Waals surface area (Å²) in [5, 5.41) is 0. The summed E-state index contributed by atoms with van der Waals surface area (Å²) in [6, 6.07) is 10.3. The quantitative estimate of drug-likeness (QED) is 0.550. The Hall–Kier alpha value is -0.630. The highest BCUT2D eigenvalue weighted by Gasteiger charge is 1.88. The average Bonchev–Trinajstić information content (AvgIpc) is 2.14. The van der Waals surface area contributed by atoms with Crippen molar-refractivity contribution in [3.63, 3.8) is 0 Å². The van der Waals surface area contributed by atoms with Crippen LogP contribution in [0.2, 0.25) is 0 Å². The maximum atomic E-state index is 3.30. The molecule has 0 spiro atoms. The molecule has 1 aromatic carbocycles. The summed E-state index contributed by atoms with van der Waals surface area (Å²) in [5.74, 6) is 1.19. The largest absolute Gasteiger partial charge is 0.330 e. The predicted molar refractivity (Wildman–Crippen MR) is 57.4 cm³/mol. The van der Waals surface area contributed by atoms with Crippen molar-refractivity contribution in [2.45, 2.75) is 19.8 Å². The first-order valence-electron chi connectivity index (χ1n) is 4.36. The molecule has 0 aromatic heterocycles. The summed E-state index contributed by atoms with van der Waals surface area (Å²) in [7, 11) is 0. The predicted octanol–water partition coefficient (Wildman–Crippen LogP) is 3.55. The van der Waals surface area contributed by atoms with Crippen LogP contribution in [0.25, 0.3) is 0 Å². The van der Waals surface area contributed by atoms with Crippen LogP contribution in [0, 0.1) is 0 Å². The summed E-state index contributed by atoms with van der Waals surface area (Å²) in [6.45, 7) is 2.21. The number of unbranched alkanes of at least 4 members (excludes halogenated alkanes) is 1. The van der Waals surface area contributed by atoms with Crippen molar-refractivity contribution >= 4 is 17.6 Å². The van der Waals surface area contributed by atoms with E-state index in [4.69, 9.17) is 0 Å². The van der Waals surface area contributed by atoms with Gasteiger partial charge in [-0.1, -0.05) is 43.5 Å². The van der Waals surface area contributed by atoms with Gasteiger partial charge in [0.05, 0.1) is 0 Å². The summed E-state index contributed by atoms with van der Waals surface area (Å²) in [5.41, 5.74) is 1.19. The molecule has 1 nitrogen and oxygen atoms in total. The van der Waals surface area contributed by atoms with E-state index in [-0.39, 0.29) is 0 Å². The highest BCUT2D eigenvalue weighted by atomic mass is 32.2. The van der Waals surface area contributed by atoms with Gasteiger partial charge in [0, 0.05) is 11.4 Å². The van der Waals surface area contributed by atoms with Crippen LogP contribution in [0.4, 0.5) is 5.69 Å². The van der Waals surface area contributed by atoms with Crippen LogP contribution in [-0.2, 0) is 0 Å². The third kappa shape index (κ3) is 3.67. The van der Waals surface area contributed by atoms with Crippen molar-refractivity contribution in [2.24, 2.45) is 0 Å². The Morgan fingerprint density at radius 2 is 2.00 bits per heavy atom. The molecule has 0 atom stereocenters. The molecule has 0 fully saturated rings. The molecule has 0 unspecified atom stereocenters. The Labute approximate surface area is 78.7 Å². The molecule has 0 amide bonds. The lowest BCUT2D eigenvalue weighted by Gasteiger charge is -2.03. The Bertz CT molecular complexity index is 198. The van der Waals surface area contributed by atoms with E-state index in [1.165, 1.54) is 24.3 Å². The molecular formula is C10H15NS. The molecule has 0 radical (unpaired) electrons. The lowest BCUT2D eigenvalue weighted by Crippen LogP contribution is -1.88. The minimum atomic E-state index is 1.19. The maximum absolute atomic E-state index is 3.30. The van der Waals surface area contributed by atoms with Gasteiger partial charge < -0.3 is 4.72 Å². The van der Waals surface area contributed by atoms with E-state index in [9.17, 15) is 0 Å². The number of para-hydroxylation sites is 1. The monoisotopic (exact) mass is 181 g/mol. The Morgan fingerprint density at radius 1 is 1.25 bits per heavy atom. The molecule has 1 rings (SSSR count). The van der Waals surface area contributed by atoms with Crippen LogP contribution >= 0.6 is 11.9 Å². The topological polar surface area (TPSA) is 12.0 Å². The minimum absolute atomic E-state index is 1.19. The summed E-state index contributed by atoms with van der Waals surface area (Å²) < 4.78 is 3.30. The van der Waals surface area contributed by atoms with E-state index in [0.717, 1.165) is 0 Å². The maximum Gasteiger partial charge on any atom is 0.0440 e. The van der Waals surface area contributed by atoms with Crippen molar-refractivity contribution in [1.29, 1.82) is 0 Å². The first kappa shape index (κ1) is 9.46. The van der Waals surface area contributed by atoms with Gasteiger partial charge in [0.15, 0.2) is 0 Å². The van der Waals surface area contributed by atoms with E-state index in [2.05, 4.69) is 23.8 Å². The van der Waals surface area contributed by atoms with Crippen molar-refractivity contribution in [3.8, 4) is 0 Å². The zero-order valence-electron chi connectivity index (χ0n) is 7.42. The summed E-state index contributed by atoms with van der Waals surface area (Å²) >= 11 is 1.78. The summed E-state index contributed by atoms with van der Waals surface area (Å²) in [4.78, 5) is 0. The average molecular weight is 181 g/mol. The van der Waals surface area contributed by atoms with Crippen molar-refractivity contribution in [3.05, 3.63) is 30.3 Å². The van der Waals surface area contributed by atoms with Gasteiger partial charge in [0.2, 0.25) is 0 Å². The lowest BCUT2D eigenvalue weighted by atomic mass is 10.3. The molecule has 1 N–H and O–H groups in total. The van der Waals surface area contributed by atoms with Crippen molar-refractivity contribution < 1.29 is 0 Å². The number of nitrogens with one attached hydrogen (secondary N) is 1. The highest BCUT2D eigenvalue weighted by Crippen LogP contribution is 2.12. The van der Waals surface area contributed by atoms with Gasteiger partial charge in [-0.25, -0.2) is 0 Å². The number of benzene rings is 1. The molecule has 66 valence electrons. The third-order valence-corrected chi connectivity index (χ3v) is 2.44. The fourth-order valence-corrected chi connectivity index (χ4v) is 1.69.